The third kappa shape index (κ3) is 6.67. The number of hydrogen-bond acceptors (Lipinski definition) is 3. The van der Waals surface area contributed by atoms with Crippen molar-refractivity contribution >= 4 is 17.7 Å². The van der Waals surface area contributed by atoms with Gasteiger partial charge in [-0.05, 0) is 61.4 Å². The number of guanidine groups is 1. The Morgan fingerprint density at radius 2 is 2.04 bits per heavy atom. The molecule has 0 saturated heterocycles. The zero-order chi connectivity index (χ0) is 18.8. The molecule has 140 valence electrons. The Kier molecular flexibility index (Phi) is 8.41. The third-order valence-electron chi connectivity index (χ3n) is 3.90. The van der Waals surface area contributed by atoms with Crippen LogP contribution in [0.2, 0.25) is 0 Å². The van der Waals surface area contributed by atoms with Crippen molar-refractivity contribution in [2.24, 2.45) is 4.99 Å². The number of nitrogens with one attached hydrogen (secondary N) is 2. The van der Waals surface area contributed by atoms with Gasteiger partial charge in [-0.15, -0.1) is 0 Å². The first-order valence-corrected chi connectivity index (χ1v) is 10.2. The largest absolute Gasteiger partial charge is 0.357 e. The Morgan fingerprint density at radius 3 is 2.73 bits per heavy atom. The molecule has 4 nitrogen and oxygen atoms in total. The Balaban J connectivity index is 1.96. The summed E-state index contributed by atoms with van der Waals surface area (Å²) in [4.78, 5) is 8.97. The SMILES string of the molecule is CCNC(=NCc1ccc(F)cc1CSC)NCCc1ccc(C)nc1. The quantitative estimate of drug-likeness (QED) is 0.547. The van der Waals surface area contributed by atoms with E-state index in [1.54, 1.807) is 17.8 Å². The molecule has 0 amide bonds. The van der Waals surface area contributed by atoms with Crippen LogP contribution in [0.5, 0.6) is 0 Å². The number of thioether (sulfide) groups is 1. The average molecular weight is 375 g/mol. The molecule has 0 spiro atoms. The highest BCUT2D eigenvalue weighted by atomic mass is 32.2. The van der Waals surface area contributed by atoms with Crippen LogP contribution in [0.4, 0.5) is 4.39 Å². The van der Waals surface area contributed by atoms with Crippen LogP contribution in [-0.2, 0) is 18.7 Å². The third-order valence-corrected chi connectivity index (χ3v) is 4.50. The number of aliphatic imine (C=N–C) groups is 1. The highest BCUT2D eigenvalue weighted by Gasteiger charge is 2.05. The number of benzene rings is 1. The molecule has 2 aromatic rings. The van der Waals surface area contributed by atoms with E-state index in [9.17, 15) is 4.39 Å². The summed E-state index contributed by atoms with van der Waals surface area (Å²) in [5.41, 5.74) is 4.28. The highest BCUT2D eigenvalue weighted by Crippen LogP contribution is 2.17. The smallest absolute Gasteiger partial charge is 0.191 e. The second kappa shape index (κ2) is 10.8. The molecule has 0 unspecified atom stereocenters. The Hall–Kier alpha value is -2.08. The lowest BCUT2D eigenvalue weighted by atomic mass is 10.1. The van der Waals surface area contributed by atoms with Gasteiger partial charge in [0.1, 0.15) is 5.82 Å². The van der Waals surface area contributed by atoms with Gasteiger partial charge in [0.2, 0.25) is 0 Å². The van der Waals surface area contributed by atoms with Crippen LogP contribution in [0.3, 0.4) is 0 Å². The number of nitrogens with zero attached hydrogens (tertiary/aromatic N) is 2. The maximum absolute atomic E-state index is 13.5. The minimum absolute atomic E-state index is 0.196. The van der Waals surface area contributed by atoms with Gasteiger partial charge in [-0.2, -0.15) is 11.8 Å². The zero-order valence-corrected chi connectivity index (χ0v) is 16.5. The fourth-order valence-corrected chi connectivity index (χ4v) is 3.10. The zero-order valence-electron chi connectivity index (χ0n) is 15.7. The van der Waals surface area contributed by atoms with E-state index in [2.05, 4.69) is 26.7 Å². The first-order valence-electron chi connectivity index (χ1n) is 8.82. The van der Waals surface area contributed by atoms with E-state index in [0.717, 1.165) is 48.0 Å². The molecule has 0 aliphatic rings. The molecule has 6 heteroatoms. The Labute approximate surface area is 159 Å². The molecule has 0 radical (unpaired) electrons. The van der Waals surface area contributed by atoms with E-state index in [1.807, 2.05) is 38.4 Å². The van der Waals surface area contributed by atoms with Gasteiger partial charge in [0.15, 0.2) is 5.96 Å². The van der Waals surface area contributed by atoms with Crippen molar-refractivity contribution in [1.29, 1.82) is 0 Å². The van der Waals surface area contributed by atoms with Crippen LogP contribution in [0, 0.1) is 12.7 Å². The Morgan fingerprint density at radius 1 is 1.19 bits per heavy atom. The lowest BCUT2D eigenvalue weighted by molar-refractivity contribution is 0.625. The van der Waals surface area contributed by atoms with Crippen molar-refractivity contribution in [3.63, 3.8) is 0 Å². The van der Waals surface area contributed by atoms with Gasteiger partial charge >= 0.3 is 0 Å². The predicted octanol–water partition coefficient (Wildman–Crippen LogP) is 3.69. The molecule has 0 fully saturated rings. The minimum atomic E-state index is -0.196. The Bertz CT molecular complexity index is 716. The molecule has 26 heavy (non-hydrogen) atoms. The number of hydrogen-bond donors (Lipinski definition) is 2. The van der Waals surface area contributed by atoms with Crippen LogP contribution in [0.25, 0.3) is 0 Å². The molecule has 2 N–H and O–H groups in total. The first kappa shape index (κ1) is 20.2. The van der Waals surface area contributed by atoms with Crippen molar-refractivity contribution in [2.75, 3.05) is 19.3 Å². The summed E-state index contributed by atoms with van der Waals surface area (Å²) in [6.45, 7) is 6.12. The molecule has 0 aliphatic carbocycles. The monoisotopic (exact) mass is 374 g/mol. The molecule has 1 aromatic heterocycles. The van der Waals surface area contributed by atoms with Crippen molar-refractivity contribution in [2.45, 2.75) is 32.6 Å². The lowest BCUT2D eigenvalue weighted by Crippen LogP contribution is -2.38. The molecule has 0 bridgehead atoms. The van der Waals surface area contributed by atoms with E-state index < -0.39 is 0 Å². The fourth-order valence-electron chi connectivity index (χ4n) is 2.52. The van der Waals surface area contributed by atoms with Crippen molar-refractivity contribution in [1.82, 2.24) is 15.6 Å². The summed E-state index contributed by atoms with van der Waals surface area (Å²) in [6.07, 6.45) is 4.81. The normalized spacial score (nSPS) is 11.5. The van der Waals surface area contributed by atoms with Gasteiger partial charge in [-0.3, -0.25) is 4.98 Å². The number of pyridine rings is 1. The molecular weight excluding hydrogens is 347 g/mol. The number of aryl methyl sites for hydroxylation is 1. The maximum Gasteiger partial charge on any atom is 0.191 e. The highest BCUT2D eigenvalue weighted by molar-refractivity contribution is 7.97. The van der Waals surface area contributed by atoms with Gasteiger partial charge < -0.3 is 10.6 Å². The van der Waals surface area contributed by atoms with E-state index >= 15 is 0 Å². The summed E-state index contributed by atoms with van der Waals surface area (Å²) < 4.78 is 13.5. The topological polar surface area (TPSA) is 49.3 Å². The van der Waals surface area contributed by atoms with Crippen molar-refractivity contribution < 1.29 is 4.39 Å². The minimum Gasteiger partial charge on any atom is -0.357 e. The molecule has 1 aromatic carbocycles. The first-order chi connectivity index (χ1) is 12.6. The second-order valence-electron chi connectivity index (χ2n) is 6.03. The van der Waals surface area contributed by atoms with Gasteiger partial charge in [-0.1, -0.05) is 12.1 Å². The van der Waals surface area contributed by atoms with E-state index in [0.29, 0.717) is 6.54 Å². The van der Waals surface area contributed by atoms with E-state index in [1.165, 1.54) is 11.6 Å². The fraction of sp³-hybridized carbons (Fsp3) is 0.400. The molecular formula is C20H27FN4S. The summed E-state index contributed by atoms with van der Waals surface area (Å²) in [5, 5.41) is 6.60. The van der Waals surface area contributed by atoms with Crippen LogP contribution in [0.1, 0.15) is 29.3 Å². The number of halogens is 1. The molecule has 1 heterocycles. The van der Waals surface area contributed by atoms with E-state index in [-0.39, 0.29) is 5.82 Å². The average Bonchev–Trinajstić information content (AvgIpc) is 2.63. The molecule has 2 rings (SSSR count). The van der Waals surface area contributed by atoms with Crippen molar-refractivity contribution in [3.8, 4) is 0 Å². The number of aromatic nitrogens is 1. The summed E-state index contributed by atoms with van der Waals surface area (Å²) in [7, 11) is 0. The molecule has 0 atom stereocenters. The molecule has 0 aliphatic heterocycles. The summed E-state index contributed by atoms with van der Waals surface area (Å²) >= 11 is 1.68. The van der Waals surface area contributed by atoms with Crippen LogP contribution in [0.15, 0.2) is 41.5 Å². The molecule has 0 saturated carbocycles. The maximum atomic E-state index is 13.5. The van der Waals surface area contributed by atoms with Gasteiger partial charge in [0.05, 0.1) is 6.54 Å². The van der Waals surface area contributed by atoms with Crippen LogP contribution < -0.4 is 10.6 Å². The summed E-state index contributed by atoms with van der Waals surface area (Å²) in [6, 6.07) is 9.05. The number of rotatable bonds is 8. The standard InChI is InChI=1S/C20H27FN4S/c1-4-22-20(23-10-9-16-6-5-15(2)24-12-16)25-13-17-7-8-19(21)11-18(17)14-26-3/h5-8,11-12H,4,9-10,13-14H2,1-3H3,(H2,22,23,25). The van der Waals surface area contributed by atoms with E-state index in [4.69, 9.17) is 0 Å². The van der Waals surface area contributed by atoms with Gasteiger partial charge in [0, 0.05) is 30.7 Å². The summed E-state index contributed by atoms with van der Waals surface area (Å²) in [5.74, 6) is 1.36. The van der Waals surface area contributed by atoms with Crippen LogP contribution in [-0.4, -0.2) is 30.3 Å². The predicted molar refractivity (Wildman–Crippen MR) is 109 cm³/mol. The van der Waals surface area contributed by atoms with Crippen LogP contribution >= 0.6 is 11.8 Å². The van der Waals surface area contributed by atoms with Gasteiger partial charge in [-0.25, -0.2) is 9.38 Å². The second-order valence-corrected chi connectivity index (χ2v) is 6.89. The lowest BCUT2D eigenvalue weighted by Gasteiger charge is -2.12. The van der Waals surface area contributed by atoms with Crippen molar-refractivity contribution in [3.05, 3.63) is 64.7 Å². The van der Waals surface area contributed by atoms with Gasteiger partial charge in [0.25, 0.3) is 0 Å².